The number of carbonyl (C=O) groups excluding carboxylic acids is 2. The summed E-state index contributed by atoms with van der Waals surface area (Å²) in [6.07, 6.45) is 6.47. The number of aliphatic hydroxyl groups excluding tert-OH is 1. The van der Waals surface area contributed by atoms with E-state index < -0.39 is 47.7 Å². The molecule has 0 atom stereocenters. The second kappa shape index (κ2) is 20.1. The third-order valence-corrected chi connectivity index (χ3v) is 14.6. The summed E-state index contributed by atoms with van der Waals surface area (Å²) in [6, 6.07) is 13.6. The molecule has 6 fully saturated rings. The van der Waals surface area contributed by atoms with Gasteiger partial charge in [0.05, 0.1) is 76.2 Å². The third-order valence-electron chi connectivity index (χ3n) is 14.6. The van der Waals surface area contributed by atoms with Crippen LogP contribution in [0.3, 0.4) is 0 Å². The summed E-state index contributed by atoms with van der Waals surface area (Å²) in [4.78, 5) is 43.1. The number of nitrogens with zero attached hydrogens (tertiary/aromatic N) is 9. The lowest BCUT2D eigenvalue weighted by Gasteiger charge is -2.37. The topological polar surface area (TPSA) is 219 Å². The van der Waals surface area contributed by atoms with Crippen LogP contribution in [0.4, 0.5) is 26.7 Å². The van der Waals surface area contributed by atoms with Crippen LogP contribution in [-0.2, 0) is 32.8 Å². The van der Waals surface area contributed by atoms with Crippen LogP contribution < -0.4 is 25.5 Å². The van der Waals surface area contributed by atoms with Gasteiger partial charge in [0, 0.05) is 100 Å². The fourth-order valence-electron chi connectivity index (χ4n) is 8.57. The van der Waals surface area contributed by atoms with Crippen LogP contribution in [-0.4, -0.2) is 179 Å². The number of carbonyl (C=O) groups is 2. The van der Waals surface area contributed by atoms with Crippen LogP contribution >= 0.6 is 0 Å². The number of aliphatic hydroxyl groups is 1. The second-order valence-electron chi connectivity index (χ2n) is 20.6. The maximum Gasteiger partial charge on any atom is 0.496 e. The summed E-state index contributed by atoms with van der Waals surface area (Å²) < 4.78 is 49.0. The number of anilines is 2. The van der Waals surface area contributed by atoms with Crippen molar-refractivity contribution in [2.24, 2.45) is 0 Å². The Morgan fingerprint density at radius 2 is 1.04 bits per heavy atom. The highest BCUT2D eigenvalue weighted by molar-refractivity contribution is 6.62. The van der Waals surface area contributed by atoms with Gasteiger partial charge in [-0.3, -0.25) is 10.1 Å². The lowest BCUT2D eigenvalue weighted by Crippen LogP contribution is -2.51. The second-order valence-corrected chi connectivity index (χ2v) is 20.6. The van der Waals surface area contributed by atoms with Crippen molar-refractivity contribution in [2.75, 3.05) is 88.6 Å². The van der Waals surface area contributed by atoms with Crippen molar-refractivity contribution < 1.29 is 57.2 Å². The van der Waals surface area contributed by atoms with Gasteiger partial charge in [-0.15, -0.1) is 0 Å². The molecule has 10 heterocycles. The van der Waals surface area contributed by atoms with Crippen molar-refractivity contribution in [2.45, 2.75) is 90.0 Å². The van der Waals surface area contributed by atoms with Gasteiger partial charge in [-0.2, -0.15) is 10.2 Å². The molecule has 6 saturated heterocycles. The first-order chi connectivity index (χ1) is 34.2. The van der Waals surface area contributed by atoms with Crippen molar-refractivity contribution in [3.8, 4) is 5.75 Å². The summed E-state index contributed by atoms with van der Waals surface area (Å²) in [5.74, 6) is 0.271. The number of benzene rings is 1. The summed E-state index contributed by atoms with van der Waals surface area (Å²) in [5.41, 5.74) is 4.18. The number of piperazine rings is 2. The van der Waals surface area contributed by atoms with Crippen molar-refractivity contribution in [3.63, 3.8) is 0 Å². The minimum absolute atomic E-state index is 0.0564. The predicted molar refractivity (Wildman–Crippen MR) is 266 cm³/mol. The normalized spacial score (nSPS) is 21.3. The van der Waals surface area contributed by atoms with Gasteiger partial charge < -0.3 is 62.3 Å². The molecule has 6 aliphatic rings. The monoisotopic (exact) mass is 995 g/mol. The molecule has 4 aromatic heterocycles. The van der Waals surface area contributed by atoms with Crippen molar-refractivity contribution >= 4 is 65.4 Å². The number of nitro groups is 1. The van der Waals surface area contributed by atoms with E-state index in [1.165, 1.54) is 24.3 Å². The minimum Gasteiger partial charge on any atom is -0.441 e. The number of ether oxygens (including phenoxy) is 4. The SMILES string of the molecule is CC1(C)OB(c2cc3c(N4CCN(C(=O)OC5COC5)CC4)ccnn3c2)OC1(C)C.CC1(C)OB(c2cc3c(N4CCN(C(=O)Oc5ccc([N+](=O)[O-])cc5)CC4)ccnn3c2)OC1(C)C.OC1COC1. The number of aromatic nitrogens is 4. The maximum atomic E-state index is 12.6. The van der Waals surface area contributed by atoms with Crippen LogP contribution in [0.2, 0.25) is 0 Å². The molecule has 0 spiro atoms. The highest BCUT2D eigenvalue weighted by Crippen LogP contribution is 2.38. The highest BCUT2D eigenvalue weighted by atomic mass is 16.7. The van der Waals surface area contributed by atoms with Gasteiger partial charge >= 0.3 is 26.4 Å². The smallest absolute Gasteiger partial charge is 0.441 e. The first-order valence-electron chi connectivity index (χ1n) is 24.3. The van der Waals surface area contributed by atoms with Crippen LogP contribution in [0, 0.1) is 10.1 Å². The number of non-ortho nitro benzene ring substituents is 1. The van der Waals surface area contributed by atoms with Crippen molar-refractivity contribution in [3.05, 3.63) is 83.4 Å². The van der Waals surface area contributed by atoms with E-state index in [9.17, 15) is 19.7 Å². The molecule has 0 aliphatic carbocycles. The molecule has 0 radical (unpaired) electrons. The largest absolute Gasteiger partial charge is 0.496 e. The van der Waals surface area contributed by atoms with E-state index in [0.717, 1.165) is 46.4 Å². The Morgan fingerprint density at radius 3 is 1.40 bits per heavy atom. The van der Waals surface area contributed by atoms with Crippen LogP contribution in [0.1, 0.15) is 55.4 Å². The van der Waals surface area contributed by atoms with E-state index in [-0.39, 0.29) is 29.7 Å². The first-order valence-corrected chi connectivity index (χ1v) is 24.3. The highest BCUT2D eigenvalue weighted by Gasteiger charge is 2.53. The number of hydrogen-bond acceptors (Lipinski definition) is 17. The molecule has 6 aliphatic heterocycles. The molecule has 5 aromatic rings. The molecule has 72 heavy (non-hydrogen) atoms. The lowest BCUT2D eigenvalue weighted by molar-refractivity contribution is -0.384. The zero-order chi connectivity index (χ0) is 51.2. The molecule has 384 valence electrons. The zero-order valence-electron chi connectivity index (χ0n) is 42.1. The molecule has 0 unspecified atom stereocenters. The molecule has 2 amide bonds. The van der Waals surface area contributed by atoms with E-state index in [0.29, 0.717) is 65.7 Å². The Balaban J connectivity index is 0.000000163. The number of rotatable bonds is 7. The quantitative estimate of drug-likeness (QED) is 0.140. The Bertz CT molecular complexity index is 2720. The summed E-state index contributed by atoms with van der Waals surface area (Å²) in [5, 5.41) is 28.1. The van der Waals surface area contributed by atoms with E-state index in [4.69, 9.17) is 37.9 Å². The van der Waals surface area contributed by atoms with Gasteiger partial charge in [-0.1, -0.05) is 0 Å². The number of nitro benzene ring substituents is 1. The van der Waals surface area contributed by atoms with E-state index >= 15 is 0 Å². The fraction of sp³-hybridized carbons (Fsp3) is 0.542. The number of amides is 2. The van der Waals surface area contributed by atoms with Crippen molar-refractivity contribution in [1.29, 1.82) is 0 Å². The van der Waals surface area contributed by atoms with E-state index in [2.05, 4.69) is 58.5 Å². The van der Waals surface area contributed by atoms with Gasteiger partial charge in [-0.05, 0) is 91.8 Å². The summed E-state index contributed by atoms with van der Waals surface area (Å²) in [6.45, 7) is 23.3. The van der Waals surface area contributed by atoms with Gasteiger partial charge in [0.15, 0.2) is 6.10 Å². The predicted octanol–water partition coefficient (Wildman–Crippen LogP) is 3.53. The molecule has 1 N–H and O–H groups in total. The van der Waals surface area contributed by atoms with Crippen LogP contribution in [0.5, 0.6) is 5.75 Å². The fourth-order valence-corrected chi connectivity index (χ4v) is 8.57. The maximum absolute atomic E-state index is 12.6. The number of hydrogen-bond donors (Lipinski definition) is 1. The lowest BCUT2D eigenvalue weighted by atomic mass is 9.81. The Hall–Kier alpha value is -6.01. The summed E-state index contributed by atoms with van der Waals surface area (Å²) in [7, 11) is -0.905. The Kier molecular flexibility index (Phi) is 14.2. The zero-order valence-corrected chi connectivity index (χ0v) is 42.1. The molecule has 0 bridgehead atoms. The van der Waals surface area contributed by atoms with E-state index in [1.807, 2.05) is 67.3 Å². The Labute approximate surface area is 418 Å². The average Bonchev–Trinajstić information content (AvgIpc) is 4.07. The molecular weight excluding hydrogens is 932 g/mol. The molecule has 1 aromatic carbocycles. The third kappa shape index (κ3) is 10.7. The van der Waals surface area contributed by atoms with Gasteiger partial charge in [-0.25, -0.2) is 18.6 Å². The minimum atomic E-state index is -0.496. The molecule has 24 heteroatoms. The van der Waals surface area contributed by atoms with Crippen LogP contribution in [0.15, 0.2) is 73.3 Å². The number of fused-ring (bicyclic) bond motifs is 2. The van der Waals surface area contributed by atoms with E-state index in [1.54, 1.807) is 22.2 Å². The van der Waals surface area contributed by atoms with Crippen molar-refractivity contribution in [1.82, 2.24) is 29.0 Å². The molecule has 22 nitrogen and oxygen atoms in total. The van der Waals surface area contributed by atoms with Gasteiger partial charge in [0.25, 0.3) is 5.69 Å². The Morgan fingerprint density at radius 1 is 0.639 bits per heavy atom. The summed E-state index contributed by atoms with van der Waals surface area (Å²) >= 11 is 0. The van der Waals surface area contributed by atoms with Gasteiger partial charge in [0.2, 0.25) is 0 Å². The molecule has 11 rings (SSSR count). The first kappa shape index (κ1) is 50.9. The molecule has 0 saturated carbocycles. The molecular formula is C48H63B2N9O13. The standard InChI is InChI=1S/C24H28BN5O6.C21H29BN4O5.C3H6O2/c1-23(2)24(3,4)36-25(35-23)17-15-21-20(9-10-26-29(21)16-17)27-11-13-28(14-12-27)22(31)34-19-7-5-18(6-8-19)30(32)33;1-20(2)21(3,4)31-22(30-20)15-11-18-17(5-6-23-26(18)12-15)24-7-9-25(10-8-24)19(27)29-16-13-28-14-16;4-3-1-5-2-3/h5-10,15-16H,11-14H2,1-4H3;5-6,11-12,16H,7-10,13-14H2,1-4H3;3-4H,1-2H2. The van der Waals surface area contributed by atoms with Crippen LogP contribution in [0.25, 0.3) is 11.0 Å². The van der Waals surface area contributed by atoms with Gasteiger partial charge in [0.1, 0.15) is 11.9 Å². The average molecular weight is 996 g/mol.